The highest BCUT2D eigenvalue weighted by Crippen LogP contribution is 2.14. The van der Waals surface area contributed by atoms with Gasteiger partial charge in [0.25, 0.3) is 11.8 Å². The number of hydrazine groups is 1. The van der Waals surface area contributed by atoms with Gasteiger partial charge in [-0.3, -0.25) is 20.4 Å². The van der Waals surface area contributed by atoms with Gasteiger partial charge in [-0.05, 0) is 47.9 Å². The smallest absolute Gasteiger partial charge is 0.267 e. The summed E-state index contributed by atoms with van der Waals surface area (Å²) < 4.78 is 23.0. The molecule has 0 saturated heterocycles. The molecule has 0 radical (unpaired) electrons. The van der Waals surface area contributed by atoms with E-state index in [2.05, 4.69) is 10.9 Å². The Morgan fingerprint density at radius 3 is 2.00 bits per heavy atom. The Balaban J connectivity index is 1.67. The van der Waals surface area contributed by atoms with Gasteiger partial charge in [-0.1, -0.05) is 48.5 Å². The highest BCUT2D eigenvalue weighted by atomic mass is 32.2. The second-order valence-electron chi connectivity index (χ2n) is 6.52. The number of carbonyl (C=O) groups is 2. The molecule has 3 aromatic carbocycles. The second-order valence-corrected chi connectivity index (χ2v) is 8.54. The lowest BCUT2D eigenvalue weighted by atomic mass is 9.99. The lowest BCUT2D eigenvalue weighted by molar-refractivity contribution is 0.0846. The first-order valence-electron chi connectivity index (χ1n) is 8.87. The molecule has 29 heavy (non-hydrogen) atoms. The maximum absolute atomic E-state index is 12.6. The van der Waals surface area contributed by atoms with E-state index in [4.69, 9.17) is 0 Å². The maximum Gasteiger partial charge on any atom is 0.269 e. The SMILES string of the molecule is CS(=O)(=O)c1ccc(C(=O)NNC(=O)c2ccccc2Cc2ccccc2)cc1. The number of amides is 2. The van der Waals surface area contributed by atoms with Gasteiger partial charge in [0.1, 0.15) is 0 Å². The summed E-state index contributed by atoms with van der Waals surface area (Å²) >= 11 is 0. The van der Waals surface area contributed by atoms with Crippen molar-refractivity contribution in [3.8, 4) is 0 Å². The number of hydrogen-bond acceptors (Lipinski definition) is 4. The summed E-state index contributed by atoms with van der Waals surface area (Å²) in [4.78, 5) is 24.9. The van der Waals surface area contributed by atoms with Gasteiger partial charge in [0.15, 0.2) is 9.84 Å². The van der Waals surface area contributed by atoms with E-state index < -0.39 is 21.7 Å². The monoisotopic (exact) mass is 408 g/mol. The first kappa shape index (κ1) is 20.3. The molecule has 3 aromatic rings. The van der Waals surface area contributed by atoms with Crippen molar-refractivity contribution in [3.63, 3.8) is 0 Å². The average Bonchev–Trinajstić information content (AvgIpc) is 2.72. The average molecular weight is 408 g/mol. The number of benzene rings is 3. The fraction of sp³-hybridized carbons (Fsp3) is 0.0909. The molecule has 7 heteroatoms. The summed E-state index contributed by atoms with van der Waals surface area (Å²) in [5, 5.41) is 0. The Morgan fingerprint density at radius 2 is 1.34 bits per heavy atom. The number of rotatable bonds is 5. The van der Waals surface area contributed by atoms with Crippen molar-refractivity contribution in [2.45, 2.75) is 11.3 Å². The first-order valence-corrected chi connectivity index (χ1v) is 10.8. The van der Waals surface area contributed by atoms with E-state index in [0.29, 0.717) is 12.0 Å². The molecular formula is C22H20N2O4S. The molecule has 3 rings (SSSR count). The molecule has 0 atom stereocenters. The fourth-order valence-corrected chi connectivity index (χ4v) is 3.45. The Labute approximate surface area is 169 Å². The minimum atomic E-state index is -3.34. The van der Waals surface area contributed by atoms with Gasteiger partial charge >= 0.3 is 0 Å². The van der Waals surface area contributed by atoms with E-state index in [1.54, 1.807) is 12.1 Å². The summed E-state index contributed by atoms with van der Waals surface area (Å²) in [6.07, 6.45) is 1.68. The summed E-state index contributed by atoms with van der Waals surface area (Å²) in [7, 11) is -3.34. The van der Waals surface area contributed by atoms with Gasteiger partial charge in [-0.25, -0.2) is 8.42 Å². The molecule has 148 valence electrons. The molecule has 0 saturated carbocycles. The van der Waals surface area contributed by atoms with E-state index in [1.807, 2.05) is 42.5 Å². The molecule has 0 unspecified atom stereocenters. The normalized spacial score (nSPS) is 10.9. The van der Waals surface area contributed by atoms with E-state index >= 15 is 0 Å². The third kappa shape index (κ3) is 5.30. The lowest BCUT2D eigenvalue weighted by Crippen LogP contribution is -2.42. The zero-order valence-electron chi connectivity index (χ0n) is 15.8. The summed E-state index contributed by atoms with van der Waals surface area (Å²) in [5.41, 5.74) is 7.37. The van der Waals surface area contributed by atoms with Crippen LogP contribution in [0.25, 0.3) is 0 Å². The Hall–Kier alpha value is -3.45. The van der Waals surface area contributed by atoms with Crippen LogP contribution in [0.3, 0.4) is 0 Å². The minimum Gasteiger partial charge on any atom is -0.267 e. The van der Waals surface area contributed by atoms with Crippen LogP contribution in [-0.2, 0) is 16.3 Å². The van der Waals surface area contributed by atoms with E-state index in [1.165, 1.54) is 24.3 Å². The third-order valence-corrected chi connectivity index (χ3v) is 5.46. The van der Waals surface area contributed by atoms with Crippen molar-refractivity contribution >= 4 is 21.7 Å². The van der Waals surface area contributed by atoms with Gasteiger partial charge in [0, 0.05) is 17.4 Å². The van der Waals surface area contributed by atoms with Crippen molar-refractivity contribution in [2.24, 2.45) is 0 Å². The van der Waals surface area contributed by atoms with Crippen LogP contribution < -0.4 is 10.9 Å². The maximum atomic E-state index is 12.6. The van der Waals surface area contributed by atoms with Gasteiger partial charge in [0.2, 0.25) is 0 Å². The molecule has 0 heterocycles. The number of hydrogen-bond donors (Lipinski definition) is 2. The first-order chi connectivity index (χ1) is 13.8. The quantitative estimate of drug-likeness (QED) is 0.635. The zero-order valence-corrected chi connectivity index (χ0v) is 16.6. The Kier molecular flexibility index (Phi) is 6.09. The summed E-state index contributed by atoms with van der Waals surface area (Å²) in [5.74, 6) is -0.975. The molecule has 0 spiro atoms. The van der Waals surface area contributed by atoms with Gasteiger partial charge < -0.3 is 0 Å². The Morgan fingerprint density at radius 1 is 0.759 bits per heavy atom. The van der Waals surface area contributed by atoms with Crippen molar-refractivity contribution in [2.75, 3.05) is 6.26 Å². The second kappa shape index (κ2) is 8.70. The standard InChI is InChI=1S/C22H20N2O4S/c1-29(27,28)19-13-11-17(12-14-19)21(25)23-24-22(26)20-10-6-5-9-18(20)15-16-7-3-2-4-8-16/h2-14H,15H2,1H3,(H,23,25)(H,24,26). The molecule has 0 aromatic heterocycles. The van der Waals surface area contributed by atoms with Crippen LogP contribution in [0.4, 0.5) is 0 Å². The predicted molar refractivity (Wildman–Crippen MR) is 110 cm³/mol. The van der Waals surface area contributed by atoms with Crippen LogP contribution >= 0.6 is 0 Å². The lowest BCUT2D eigenvalue weighted by Gasteiger charge is -2.11. The molecule has 0 aliphatic carbocycles. The molecule has 0 bridgehead atoms. The van der Waals surface area contributed by atoms with Crippen LogP contribution in [0.15, 0.2) is 83.8 Å². The van der Waals surface area contributed by atoms with Crippen LogP contribution in [0, 0.1) is 0 Å². The third-order valence-electron chi connectivity index (χ3n) is 4.33. The summed E-state index contributed by atoms with van der Waals surface area (Å²) in [6.45, 7) is 0. The highest BCUT2D eigenvalue weighted by Gasteiger charge is 2.14. The molecule has 0 fully saturated rings. The zero-order chi connectivity index (χ0) is 20.9. The Bertz CT molecular complexity index is 1120. The van der Waals surface area contributed by atoms with Crippen molar-refractivity contribution in [1.82, 2.24) is 10.9 Å². The van der Waals surface area contributed by atoms with Crippen LogP contribution in [0.1, 0.15) is 31.8 Å². The largest absolute Gasteiger partial charge is 0.269 e. The van der Waals surface area contributed by atoms with Gasteiger partial charge in [-0.15, -0.1) is 0 Å². The van der Waals surface area contributed by atoms with Crippen LogP contribution in [-0.4, -0.2) is 26.5 Å². The van der Waals surface area contributed by atoms with Gasteiger partial charge in [-0.2, -0.15) is 0 Å². The van der Waals surface area contributed by atoms with Crippen LogP contribution in [0.5, 0.6) is 0 Å². The number of sulfone groups is 1. The van der Waals surface area contributed by atoms with Crippen molar-refractivity contribution in [3.05, 3.63) is 101 Å². The topological polar surface area (TPSA) is 92.3 Å². The molecular weight excluding hydrogens is 388 g/mol. The molecule has 2 amide bonds. The molecule has 0 aliphatic rings. The number of carbonyl (C=O) groups excluding carboxylic acids is 2. The highest BCUT2D eigenvalue weighted by molar-refractivity contribution is 7.90. The van der Waals surface area contributed by atoms with E-state index in [-0.39, 0.29) is 10.5 Å². The molecule has 0 aliphatic heterocycles. The molecule has 2 N–H and O–H groups in total. The van der Waals surface area contributed by atoms with E-state index in [9.17, 15) is 18.0 Å². The number of nitrogens with one attached hydrogen (secondary N) is 2. The molecule has 6 nitrogen and oxygen atoms in total. The summed E-state index contributed by atoms with van der Waals surface area (Å²) in [6, 6.07) is 22.4. The van der Waals surface area contributed by atoms with Crippen molar-refractivity contribution < 1.29 is 18.0 Å². The van der Waals surface area contributed by atoms with Crippen molar-refractivity contribution in [1.29, 1.82) is 0 Å². The van der Waals surface area contributed by atoms with E-state index in [0.717, 1.165) is 17.4 Å². The predicted octanol–water partition coefficient (Wildman–Crippen LogP) is 2.76. The van der Waals surface area contributed by atoms with Gasteiger partial charge in [0.05, 0.1) is 4.90 Å². The minimum absolute atomic E-state index is 0.118. The fourth-order valence-electron chi connectivity index (χ4n) is 2.82. The van der Waals surface area contributed by atoms with Crippen LogP contribution in [0.2, 0.25) is 0 Å².